The number of carbonyl (C=O) groups excluding carboxylic acids is 1. The molecule has 25 heavy (non-hydrogen) atoms. The van der Waals surface area contributed by atoms with Gasteiger partial charge in [0.25, 0.3) is 0 Å². The lowest BCUT2D eigenvalue weighted by Crippen LogP contribution is -2.12. The summed E-state index contributed by atoms with van der Waals surface area (Å²) in [6.45, 7) is 0. The van der Waals surface area contributed by atoms with E-state index < -0.39 is 0 Å². The second-order valence-corrected chi connectivity index (χ2v) is 7.95. The first-order valence-electron chi connectivity index (χ1n) is 7.80. The van der Waals surface area contributed by atoms with Crippen molar-refractivity contribution < 1.29 is 4.79 Å². The summed E-state index contributed by atoms with van der Waals surface area (Å²) in [6, 6.07) is 7.77. The number of nitrogens with two attached hydrogens (primary N) is 1. The van der Waals surface area contributed by atoms with Crippen LogP contribution in [-0.2, 0) is 11.2 Å². The molecule has 0 saturated heterocycles. The highest BCUT2D eigenvalue weighted by molar-refractivity contribution is 7.18. The first-order valence-corrected chi connectivity index (χ1v) is 9.37. The van der Waals surface area contributed by atoms with Crippen molar-refractivity contribution >= 4 is 56.6 Å². The minimum atomic E-state index is -0.369. The Kier molecular flexibility index (Phi) is 4.27. The average Bonchev–Trinajstić information content (AvgIpc) is 3.26. The molecule has 1 amide bonds. The highest BCUT2D eigenvalue weighted by Gasteiger charge is 2.23. The zero-order valence-corrected chi connectivity index (χ0v) is 15.4. The largest absolute Gasteiger partial charge is 0.369 e. The smallest absolute Gasteiger partial charge is 0.224 e. The summed E-state index contributed by atoms with van der Waals surface area (Å²) >= 11 is 13.7. The van der Waals surface area contributed by atoms with Crippen molar-refractivity contribution in [1.29, 1.82) is 0 Å². The lowest BCUT2D eigenvalue weighted by atomic mass is 10.1. The average molecular weight is 393 g/mol. The first-order chi connectivity index (χ1) is 12.0. The van der Waals surface area contributed by atoms with Crippen LogP contribution in [0.15, 0.2) is 24.3 Å². The Hall–Kier alpha value is -1.89. The molecule has 3 aromatic rings. The van der Waals surface area contributed by atoms with Gasteiger partial charge in [-0.2, -0.15) is 0 Å². The highest BCUT2D eigenvalue weighted by atomic mass is 35.5. The Labute approximate surface area is 158 Å². The van der Waals surface area contributed by atoms with Crippen LogP contribution in [0.25, 0.3) is 21.5 Å². The number of hydrogen-bond acceptors (Lipinski definition) is 5. The number of nitrogens with zero attached hydrogens (tertiary/aromatic N) is 2. The third-order valence-electron chi connectivity index (χ3n) is 3.90. The van der Waals surface area contributed by atoms with Gasteiger partial charge in [-0.25, -0.2) is 9.97 Å². The number of amides is 1. The summed E-state index contributed by atoms with van der Waals surface area (Å²) < 4.78 is 0. The maximum atomic E-state index is 11.3. The quantitative estimate of drug-likeness (QED) is 0.679. The molecule has 1 aliphatic carbocycles. The van der Waals surface area contributed by atoms with E-state index in [9.17, 15) is 4.79 Å². The van der Waals surface area contributed by atoms with Crippen LogP contribution in [-0.4, -0.2) is 21.9 Å². The molecule has 2 aromatic heterocycles. The fraction of sp³-hybridized carbons (Fsp3) is 0.235. The van der Waals surface area contributed by atoms with E-state index in [1.165, 1.54) is 11.3 Å². The van der Waals surface area contributed by atoms with Gasteiger partial charge < -0.3 is 11.1 Å². The van der Waals surface area contributed by atoms with Crippen molar-refractivity contribution in [3.8, 4) is 11.3 Å². The van der Waals surface area contributed by atoms with Crippen LogP contribution in [0, 0.1) is 0 Å². The van der Waals surface area contributed by atoms with E-state index in [2.05, 4.69) is 15.3 Å². The number of halogens is 2. The predicted molar refractivity (Wildman–Crippen MR) is 102 cm³/mol. The minimum Gasteiger partial charge on any atom is -0.369 e. The molecular formula is C17H14Cl2N4OS. The number of hydrogen-bond donors (Lipinski definition) is 2. The van der Waals surface area contributed by atoms with Crippen molar-refractivity contribution in [3.63, 3.8) is 0 Å². The van der Waals surface area contributed by atoms with Crippen molar-refractivity contribution in [2.75, 3.05) is 5.32 Å². The molecule has 5 nitrogen and oxygen atoms in total. The van der Waals surface area contributed by atoms with Crippen LogP contribution in [0.1, 0.15) is 17.7 Å². The zero-order valence-electron chi connectivity index (χ0n) is 13.1. The lowest BCUT2D eigenvalue weighted by molar-refractivity contribution is -0.117. The number of aromatic nitrogens is 2. The van der Waals surface area contributed by atoms with Crippen LogP contribution in [0.2, 0.25) is 10.0 Å². The van der Waals surface area contributed by atoms with E-state index in [0.29, 0.717) is 22.0 Å². The molecule has 0 aliphatic heterocycles. The van der Waals surface area contributed by atoms with Crippen LogP contribution in [0.3, 0.4) is 0 Å². The fourth-order valence-electron chi connectivity index (χ4n) is 2.57. The third kappa shape index (κ3) is 3.56. The maximum absolute atomic E-state index is 11.3. The molecule has 1 saturated carbocycles. The van der Waals surface area contributed by atoms with E-state index in [4.69, 9.17) is 28.9 Å². The summed E-state index contributed by atoms with van der Waals surface area (Å²) in [5, 5.41) is 5.16. The van der Waals surface area contributed by atoms with Gasteiger partial charge in [0.05, 0.1) is 22.2 Å². The third-order valence-corrected chi connectivity index (χ3v) is 5.66. The monoisotopic (exact) mass is 392 g/mol. The molecule has 0 radical (unpaired) electrons. The van der Waals surface area contributed by atoms with Gasteiger partial charge in [0.1, 0.15) is 4.83 Å². The van der Waals surface area contributed by atoms with Crippen molar-refractivity contribution in [3.05, 3.63) is 39.2 Å². The number of anilines is 1. The molecule has 2 heterocycles. The highest BCUT2D eigenvalue weighted by Crippen LogP contribution is 2.36. The van der Waals surface area contributed by atoms with Gasteiger partial charge in [-0.3, -0.25) is 4.79 Å². The van der Waals surface area contributed by atoms with Gasteiger partial charge in [0, 0.05) is 21.9 Å². The van der Waals surface area contributed by atoms with E-state index in [-0.39, 0.29) is 12.3 Å². The lowest BCUT2D eigenvalue weighted by Gasteiger charge is -2.08. The molecule has 1 fully saturated rings. The van der Waals surface area contributed by atoms with Gasteiger partial charge in [-0.15, -0.1) is 11.3 Å². The van der Waals surface area contributed by atoms with Gasteiger partial charge in [-0.05, 0) is 31.0 Å². The van der Waals surface area contributed by atoms with Crippen molar-refractivity contribution in [2.24, 2.45) is 5.73 Å². The first kappa shape index (κ1) is 16.6. The second kappa shape index (κ2) is 6.44. The van der Waals surface area contributed by atoms with Crippen LogP contribution in [0.5, 0.6) is 0 Å². The Morgan fingerprint density at radius 2 is 2.04 bits per heavy atom. The number of carbonyl (C=O) groups is 1. The molecule has 1 aromatic carbocycles. The van der Waals surface area contributed by atoms with Crippen LogP contribution < -0.4 is 11.1 Å². The van der Waals surface area contributed by atoms with Crippen molar-refractivity contribution in [2.45, 2.75) is 25.3 Å². The van der Waals surface area contributed by atoms with Gasteiger partial charge >= 0.3 is 0 Å². The standard InChI is InChI=1S/C17H14Cl2N4OS/c18-12-4-1-8(5-13(12)19)15-11-6-10(7-14(20)24)25-16(11)23-17(22-15)21-9-2-3-9/h1,4-6,9H,2-3,7H2,(H2,20,24)(H,21,22,23). The number of thiophene rings is 1. The van der Waals surface area contributed by atoms with Gasteiger partial charge in [0.2, 0.25) is 11.9 Å². The molecule has 3 N–H and O–H groups in total. The van der Waals surface area contributed by atoms with Crippen LogP contribution in [0.4, 0.5) is 5.95 Å². The molecule has 0 atom stereocenters. The van der Waals surface area contributed by atoms with E-state index in [0.717, 1.165) is 39.2 Å². The summed E-state index contributed by atoms with van der Waals surface area (Å²) in [7, 11) is 0. The van der Waals surface area contributed by atoms with Gasteiger partial charge in [0.15, 0.2) is 0 Å². The number of nitrogens with one attached hydrogen (secondary N) is 1. The van der Waals surface area contributed by atoms with E-state index in [1.807, 2.05) is 12.1 Å². The Bertz CT molecular complexity index is 984. The van der Waals surface area contributed by atoms with Crippen LogP contribution >= 0.6 is 34.5 Å². The number of rotatable bonds is 5. The molecule has 1 aliphatic rings. The Balaban J connectivity index is 1.87. The number of fused-ring (bicyclic) bond motifs is 1. The zero-order chi connectivity index (χ0) is 17.6. The molecule has 0 spiro atoms. The normalized spacial score (nSPS) is 14.0. The molecule has 0 unspecified atom stereocenters. The van der Waals surface area contributed by atoms with Crippen molar-refractivity contribution in [1.82, 2.24) is 9.97 Å². The fourth-order valence-corrected chi connectivity index (χ4v) is 3.90. The maximum Gasteiger partial charge on any atom is 0.224 e. The predicted octanol–water partition coefficient (Wildman–Crippen LogP) is 4.27. The topological polar surface area (TPSA) is 80.9 Å². The summed E-state index contributed by atoms with van der Waals surface area (Å²) in [6.07, 6.45) is 2.44. The van der Waals surface area contributed by atoms with Gasteiger partial charge in [-0.1, -0.05) is 29.3 Å². The second-order valence-electron chi connectivity index (χ2n) is 6.02. The molecule has 4 rings (SSSR count). The number of primary amides is 1. The molecular weight excluding hydrogens is 379 g/mol. The summed E-state index contributed by atoms with van der Waals surface area (Å²) in [5.74, 6) is 0.218. The summed E-state index contributed by atoms with van der Waals surface area (Å²) in [5.41, 5.74) is 6.94. The number of benzene rings is 1. The minimum absolute atomic E-state index is 0.188. The molecule has 0 bridgehead atoms. The molecule has 128 valence electrons. The SMILES string of the molecule is NC(=O)Cc1cc2c(-c3ccc(Cl)c(Cl)c3)nc(NC3CC3)nc2s1. The van der Waals surface area contributed by atoms with E-state index >= 15 is 0 Å². The summed E-state index contributed by atoms with van der Waals surface area (Å²) in [4.78, 5) is 22.2. The Morgan fingerprint density at radius 3 is 2.72 bits per heavy atom. The molecule has 8 heteroatoms. The van der Waals surface area contributed by atoms with E-state index in [1.54, 1.807) is 12.1 Å². The Morgan fingerprint density at radius 1 is 1.24 bits per heavy atom.